The highest BCUT2D eigenvalue weighted by atomic mass is 127. The summed E-state index contributed by atoms with van der Waals surface area (Å²) in [5.41, 5.74) is 4.26. The molecule has 0 saturated heterocycles. The first-order chi connectivity index (χ1) is 9.74. The highest BCUT2D eigenvalue weighted by molar-refractivity contribution is 14.1. The third-order valence-electron chi connectivity index (χ3n) is 3.24. The van der Waals surface area contributed by atoms with Gasteiger partial charge in [0, 0.05) is 0 Å². The van der Waals surface area contributed by atoms with Crippen LogP contribution in [0.1, 0.15) is 17.2 Å². The van der Waals surface area contributed by atoms with E-state index < -0.39 is 6.10 Å². The maximum absolute atomic E-state index is 10.4. The third-order valence-corrected chi connectivity index (χ3v) is 5.04. The van der Waals surface area contributed by atoms with Crippen LogP contribution in [-0.4, -0.2) is 5.11 Å². The first-order valence-electron chi connectivity index (χ1n) is 6.31. The van der Waals surface area contributed by atoms with Gasteiger partial charge in [-0.1, -0.05) is 54.6 Å². The average Bonchev–Trinajstić information content (AvgIpc) is 2.94. The minimum Gasteiger partial charge on any atom is -0.384 e. The molecule has 100 valence electrons. The summed E-state index contributed by atoms with van der Waals surface area (Å²) in [6.45, 7) is 0. The molecular weight excluding hydrogens is 379 g/mol. The molecule has 0 aliphatic rings. The zero-order chi connectivity index (χ0) is 13.9. The van der Waals surface area contributed by atoms with Crippen molar-refractivity contribution < 1.29 is 5.11 Å². The predicted octanol–water partition coefficient (Wildman–Crippen LogP) is 5.10. The van der Waals surface area contributed by atoms with Gasteiger partial charge in [-0.05, 0) is 56.3 Å². The smallest absolute Gasteiger partial charge is 0.105 e. The van der Waals surface area contributed by atoms with Gasteiger partial charge in [-0.25, -0.2) is 0 Å². The van der Waals surface area contributed by atoms with Crippen molar-refractivity contribution in [3.05, 3.63) is 80.1 Å². The minimum atomic E-state index is -0.542. The molecule has 0 saturated carbocycles. The summed E-state index contributed by atoms with van der Waals surface area (Å²) < 4.78 is 1.19. The first kappa shape index (κ1) is 13.8. The lowest BCUT2D eigenvalue weighted by molar-refractivity contribution is 0.221. The van der Waals surface area contributed by atoms with Gasteiger partial charge in [0.1, 0.15) is 6.10 Å². The van der Waals surface area contributed by atoms with E-state index in [0.29, 0.717) is 0 Å². The molecule has 0 bridgehead atoms. The molecule has 1 aromatic heterocycles. The van der Waals surface area contributed by atoms with E-state index in [9.17, 15) is 5.11 Å². The van der Waals surface area contributed by atoms with Gasteiger partial charge in [-0.3, -0.25) is 0 Å². The number of benzene rings is 2. The van der Waals surface area contributed by atoms with Crippen LogP contribution in [0.4, 0.5) is 0 Å². The Kier molecular flexibility index (Phi) is 4.19. The number of hydrogen-bond donors (Lipinski definition) is 1. The fourth-order valence-corrected chi connectivity index (χ4v) is 3.54. The molecule has 1 N–H and O–H groups in total. The van der Waals surface area contributed by atoms with Gasteiger partial charge >= 0.3 is 0 Å². The Morgan fingerprint density at radius 3 is 2.10 bits per heavy atom. The lowest BCUT2D eigenvalue weighted by Crippen LogP contribution is -1.97. The summed E-state index contributed by atoms with van der Waals surface area (Å²) in [4.78, 5) is 0. The number of aliphatic hydroxyl groups excluding tert-OH is 1. The quantitative estimate of drug-likeness (QED) is 0.615. The lowest BCUT2D eigenvalue weighted by atomic mass is 10.00. The Bertz CT molecular complexity index is 689. The Labute approximate surface area is 136 Å². The van der Waals surface area contributed by atoms with E-state index >= 15 is 0 Å². The minimum absolute atomic E-state index is 0.542. The molecule has 3 rings (SSSR count). The van der Waals surface area contributed by atoms with Crippen LogP contribution in [0.25, 0.3) is 11.1 Å². The number of halogens is 1. The number of aliphatic hydroxyl groups is 1. The molecule has 1 heterocycles. The highest BCUT2D eigenvalue weighted by Gasteiger charge is 2.12. The SMILES string of the molecule is OC(c1ccc(-c2ccccc2)cc1)c1csc(I)c1. The zero-order valence-corrected chi connectivity index (χ0v) is 13.6. The van der Waals surface area contributed by atoms with Crippen molar-refractivity contribution in [2.75, 3.05) is 0 Å². The van der Waals surface area contributed by atoms with Gasteiger partial charge in [-0.2, -0.15) is 0 Å². The maximum Gasteiger partial charge on any atom is 0.105 e. The standard InChI is InChI=1S/C17H13IOS/c18-16-10-15(11-20-16)17(19)14-8-6-13(7-9-14)12-4-2-1-3-5-12/h1-11,17,19H. The first-order valence-corrected chi connectivity index (χ1v) is 8.27. The van der Waals surface area contributed by atoms with E-state index in [1.54, 1.807) is 11.3 Å². The van der Waals surface area contributed by atoms with Gasteiger partial charge in [0.05, 0.1) is 2.88 Å². The van der Waals surface area contributed by atoms with Crippen LogP contribution in [0.15, 0.2) is 66.0 Å². The zero-order valence-electron chi connectivity index (χ0n) is 10.7. The summed E-state index contributed by atoms with van der Waals surface area (Å²) >= 11 is 3.93. The fraction of sp³-hybridized carbons (Fsp3) is 0.0588. The van der Waals surface area contributed by atoms with E-state index in [4.69, 9.17) is 0 Å². The molecule has 3 heteroatoms. The highest BCUT2D eigenvalue weighted by Crippen LogP contribution is 2.28. The largest absolute Gasteiger partial charge is 0.384 e. The molecule has 1 atom stereocenters. The summed E-state index contributed by atoms with van der Waals surface area (Å²) in [5.74, 6) is 0. The van der Waals surface area contributed by atoms with E-state index in [2.05, 4.69) is 46.9 Å². The molecule has 0 spiro atoms. The number of hydrogen-bond acceptors (Lipinski definition) is 2. The lowest BCUT2D eigenvalue weighted by Gasteiger charge is -2.10. The fourth-order valence-electron chi connectivity index (χ4n) is 2.15. The van der Waals surface area contributed by atoms with Crippen molar-refractivity contribution in [3.8, 4) is 11.1 Å². The Balaban J connectivity index is 1.86. The van der Waals surface area contributed by atoms with Gasteiger partial charge in [0.2, 0.25) is 0 Å². The van der Waals surface area contributed by atoms with Gasteiger partial charge in [-0.15, -0.1) is 11.3 Å². The molecule has 2 aromatic carbocycles. The molecule has 1 nitrogen and oxygen atoms in total. The van der Waals surface area contributed by atoms with E-state index in [0.717, 1.165) is 11.1 Å². The molecule has 0 aliphatic carbocycles. The normalized spacial score (nSPS) is 12.3. The van der Waals surface area contributed by atoms with Crippen molar-refractivity contribution in [2.45, 2.75) is 6.10 Å². The molecule has 0 fully saturated rings. The van der Waals surface area contributed by atoms with Crippen LogP contribution in [0, 0.1) is 2.88 Å². The molecule has 20 heavy (non-hydrogen) atoms. The average molecular weight is 392 g/mol. The van der Waals surface area contributed by atoms with Crippen LogP contribution in [0.2, 0.25) is 0 Å². The Hall–Kier alpha value is -1.17. The van der Waals surface area contributed by atoms with Crippen LogP contribution >= 0.6 is 33.9 Å². The van der Waals surface area contributed by atoms with Crippen molar-refractivity contribution in [1.82, 2.24) is 0 Å². The van der Waals surface area contributed by atoms with Crippen molar-refractivity contribution in [1.29, 1.82) is 0 Å². The van der Waals surface area contributed by atoms with Crippen molar-refractivity contribution >= 4 is 33.9 Å². The molecule has 1 unspecified atom stereocenters. The molecule has 0 aliphatic heterocycles. The Morgan fingerprint density at radius 2 is 1.50 bits per heavy atom. The second-order valence-electron chi connectivity index (χ2n) is 4.57. The van der Waals surface area contributed by atoms with Gasteiger partial charge in [0.15, 0.2) is 0 Å². The van der Waals surface area contributed by atoms with Crippen LogP contribution in [0.5, 0.6) is 0 Å². The van der Waals surface area contributed by atoms with E-state index in [-0.39, 0.29) is 0 Å². The van der Waals surface area contributed by atoms with E-state index in [1.807, 2.05) is 41.8 Å². The summed E-state index contributed by atoms with van der Waals surface area (Å²) in [6.07, 6.45) is -0.542. The number of rotatable bonds is 3. The van der Waals surface area contributed by atoms with Crippen LogP contribution < -0.4 is 0 Å². The van der Waals surface area contributed by atoms with Crippen molar-refractivity contribution in [3.63, 3.8) is 0 Å². The van der Waals surface area contributed by atoms with Crippen molar-refractivity contribution in [2.24, 2.45) is 0 Å². The molecule has 0 amide bonds. The monoisotopic (exact) mass is 392 g/mol. The second kappa shape index (κ2) is 6.08. The second-order valence-corrected chi connectivity index (χ2v) is 7.38. The predicted molar refractivity (Wildman–Crippen MR) is 93.0 cm³/mol. The molecule has 3 aromatic rings. The van der Waals surface area contributed by atoms with Crippen LogP contribution in [-0.2, 0) is 0 Å². The maximum atomic E-state index is 10.4. The topological polar surface area (TPSA) is 20.2 Å². The van der Waals surface area contributed by atoms with Gasteiger partial charge in [0.25, 0.3) is 0 Å². The molecule has 0 radical (unpaired) electrons. The summed E-state index contributed by atoms with van der Waals surface area (Å²) in [6, 6.07) is 20.4. The van der Waals surface area contributed by atoms with Gasteiger partial charge < -0.3 is 5.11 Å². The molecular formula is C17H13IOS. The third kappa shape index (κ3) is 2.95. The summed E-state index contributed by atoms with van der Waals surface area (Å²) in [7, 11) is 0. The Morgan fingerprint density at radius 1 is 0.850 bits per heavy atom. The van der Waals surface area contributed by atoms with E-state index in [1.165, 1.54) is 14.0 Å². The van der Waals surface area contributed by atoms with Crippen LogP contribution in [0.3, 0.4) is 0 Å². The summed E-state index contributed by atoms with van der Waals surface area (Å²) in [5, 5.41) is 12.4. The number of thiophene rings is 1.